The van der Waals surface area contributed by atoms with Crippen molar-refractivity contribution in [2.24, 2.45) is 0 Å². The molecule has 0 saturated heterocycles. The average Bonchev–Trinajstić information content (AvgIpc) is 2.63. The van der Waals surface area contributed by atoms with Crippen molar-refractivity contribution >= 4 is 62.0 Å². The minimum atomic E-state index is 0.884. The van der Waals surface area contributed by atoms with Crippen molar-refractivity contribution in [3.63, 3.8) is 0 Å². The molecule has 2 aromatic rings. The van der Waals surface area contributed by atoms with Gasteiger partial charge < -0.3 is 0 Å². The Morgan fingerprint density at radius 3 is 1.33 bits per heavy atom. The summed E-state index contributed by atoms with van der Waals surface area (Å²) in [6.45, 7) is 0. The molecular formula is C2H2N8Na2. The zero-order chi connectivity index (χ0) is 8.81. The average molecular weight is 184 g/mol. The van der Waals surface area contributed by atoms with E-state index in [4.69, 9.17) is 0 Å². The quantitative estimate of drug-likeness (QED) is 0.404. The van der Waals surface area contributed by atoms with E-state index in [1.54, 1.807) is 0 Å². The van der Waals surface area contributed by atoms with Crippen molar-refractivity contribution in [3.05, 3.63) is 0 Å². The van der Waals surface area contributed by atoms with Crippen LogP contribution in [0.15, 0.2) is 0 Å². The zero-order valence-electron chi connectivity index (χ0n) is 6.68. The zero-order valence-corrected chi connectivity index (χ0v) is 10.7. The predicted octanol–water partition coefficient (Wildman–Crippen LogP) is -4.01. The third-order valence-electron chi connectivity index (χ3n) is 0.902. The number of nitrogens with zero attached hydrogens (tertiary/aromatic N) is 6. The van der Waals surface area contributed by atoms with Gasteiger partial charge in [0.15, 0.2) is 0 Å². The SMILES string of the molecule is [Na][c]1nnn[nH]1.[Na][c]1nnn[nH]1. The molecule has 0 aliphatic heterocycles. The van der Waals surface area contributed by atoms with Crippen molar-refractivity contribution in [1.29, 1.82) is 0 Å². The Morgan fingerprint density at radius 2 is 1.25 bits per heavy atom. The summed E-state index contributed by atoms with van der Waals surface area (Å²) in [5.41, 5.74) is 0. The molecule has 0 saturated carbocycles. The maximum atomic E-state index is 3.56. The van der Waals surface area contributed by atoms with Gasteiger partial charge in [-0.3, -0.25) is 0 Å². The van der Waals surface area contributed by atoms with Gasteiger partial charge in [-0.1, -0.05) is 0 Å². The molecule has 0 amide bonds. The van der Waals surface area contributed by atoms with Crippen molar-refractivity contribution in [2.75, 3.05) is 0 Å². The summed E-state index contributed by atoms with van der Waals surface area (Å²) in [6, 6.07) is 0. The number of aromatic nitrogens is 8. The monoisotopic (exact) mass is 184 g/mol. The van der Waals surface area contributed by atoms with Crippen LogP contribution in [0.4, 0.5) is 0 Å². The molecule has 0 aliphatic rings. The first-order valence-electron chi connectivity index (χ1n) is 3.19. The normalized spacial score (nSPS) is 9.00. The Labute approximate surface area is 102 Å². The van der Waals surface area contributed by atoms with Gasteiger partial charge in [0.25, 0.3) is 0 Å². The summed E-state index contributed by atoms with van der Waals surface area (Å²) in [5, 5.41) is 25.6. The second kappa shape index (κ2) is 5.73. The van der Waals surface area contributed by atoms with Gasteiger partial charge in [0.05, 0.1) is 0 Å². The summed E-state index contributed by atoms with van der Waals surface area (Å²) in [7, 11) is 0. The fraction of sp³-hybridized carbons (Fsp3) is 0. The summed E-state index contributed by atoms with van der Waals surface area (Å²) < 4.78 is 1.77. The van der Waals surface area contributed by atoms with Crippen LogP contribution in [0.5, 0.6) is 0 Å². The molecule has 0 unspecified atom stereocenters. The van der Waals surface area contributed by atoms with Crippen LogP contribution in [0, 0.1) is 0 Å². The number of hydrogen-bond donors (Lipinski definition) is 2. The van der Waals surface area contributed by atoms with E-state index in [2.05, 4.69) is 41.2 Å². The third kappa shape index (κ3) is 4.24. The number of aromatic amines is 2. The van der Waals surface area contributed by atoms with Crippen LogP contribution in [0.25, 0.3) is 0 Å². The van der Waals surface area contributed by atoms with Gasteiger partial charge in [-0.05, 0) is 0 Å². The number of tetrazole rings is 2. The summed E-state index contributed by atoms with van der Waals surface area (Å²) in [6.07, 6.45) is 0. The fourth-order valence-corrected chi connectivity index (χ4v) is 0.792. The molecule has 52 valence electrons. The number of H-pyrrole nitrogens is 2. The van der Waals surface area contributed by atoms with Crippen molar-refractivity contribution in [1.82, 2.24) is 41.2 Å². The van der Waals surface area contributed by atoms with E-state index in [0.29, 0.717) is 0 Å². The Balaban J connectivity index is 0.000000120. The van der Waals surface area contributed by atoms with Gasteiger partial charge >= 0.3 is 103 Å². The van der Waals surface area contributed by atoms with Crippen LogP contribution in [0.1, 0.15) is 0 Å². The van der Waals surface area contributed by atoms with Gasteiger partial charge in [-0.15, -0.1) is 0 Å². The van der Waals surface area contributed by atoms with Crippen LogP contribution in [-0.2, 0) is 0 Å². The molecule has 0 fully saturated rings. The third-order valence-corrected chi connectivity index (χ3v) is 1.75. The van der Waals surface area contributed by atoms with Crippen LogP contribution < -0.4 is 6.15 Å². The second-order valence-electron chi connectivity index (χ2n) is 1.97. The van der Waals surface area contributed by atoms with Crippen molar-refractivity contribution < 1.29 is 0 Å². The van der Waals surface area contributed by atoms with E-state index in [0.717, 1.165) is 62.0 Å². The Bertz CT molecular complexity index is 254. The predicted molar refractivity (Wildman–Crippen MR) is 39.1 cm³/mol. The molecule has 2 aromatic heterocycles. The first-order chi connectivity index (χ1) is 5.79. The topological polar surface area (TPSA) is 109 Å². The number of nitrogens with one attached hydrogen (secondary N) is 2. The van der Waals surface area contributed by atoms with Crippen LogP contribution in [0.3, 0.4) is 0 Å². The molecule has 8 nitrogen and oxygen atoms in total. The first kappa shape index (κ1) is 10.2. The molecule has 2 heterocycles. The van der Waals surface area contributed by atoms with Crippen LogP contribution >= 0.6 is 0 Å². The van der Waals surface area contributed by atoms with E-state index in [9.17, 15) is 0 Å². The molecule has 10 heteroatoms. The van der Waals surface area contributed by atoms with E-state index in [1.807, 2.05) is 0 Å². The number of hydrogen-bond acceptors (Lipinski definition) is 6. The molecule has 12 heavy (non-hydrogen) atoms. The van der Waals surface area contributed by atoms with E-state index in [1.165, 1.54) is 0 Å². The molecule has 0 bridgehead atoms. The van der Waals surface area contributed by atoms with E-state index < -0.39 is 0 Å². The van der Waals surface area contributed by atoms with Crippen LogP contribution in [-0.4, -0.2) is 97.1 Å². The van der Waals surface area contributed by atoms with Gasteiger partial charge in [0.1, 0.15) is 0 Å². The van der Waals surface area contributed by atoms with Crippen molar-refractivity contribution in [2.45, 2.75) is 0 Å². The molecule has 0 spiro atoms. The number of rotatable bonds is 0. The van der Waals surface area contributed by atoms with Crippen LogP contribution in [0.2, 0.25) is 0 Å². The first-order valence-corrected chi connectivity index (χ1v) is 5.19. The van der Waals surface area contributed by atoms with E-state index in [-0.39, 0.29) is 0 Å². The van der Waals surface area contributed by atoms with Gasteiger partial charge in [0, 0.05) is 0 Å². The Hall–Kier alpha value is 0.140. The van der Waals surface area contributed by atoms with Gasteiger partial charge in [-0.25, -0.2) is 0 Å². The van der Waals surface area contributed by atoms with Crippen molar-refractivity contribution in [3.8, 4) is 0 Å². The molecule has 0 aliphatic carbocycles. The standard InChI is InChI=1S/2CHN4.2Na/c2*1-2-4-5-3-1;;/h2*(H,2,3,4,5);;. The fourth-order valence-electron chi connectivity index (χ4n) is 0.413. The molecule has 0 atom stereocenters. The molecule has 0 radical (unpaired) electrons. The molecule has 0 aromatic carbocycles. The van der Waals surface area contributed by atoms with Gasteiger partial charge in [0.2, 0.25) is 0 Å². The molecule has 2 N–H and O–H groups in total. The second-order valence-corrected chi connectivity index (χ2v) is 3.87. The molecular weight excluding hydrogens is 182 g/mol. The van der Waals surface area contributed by atoms with E-state index >= 15 is 0 Å². The summed E-state index contributed by atoms with van der Waals surface area (Å²) in [4.78, 5) is 0. The Morgan fingerprint density at radius 1 is 0.833 bits per heavy atom. The molecule has 2 rings (SSSR count). The summed E-state index contributed by atoms with van der Waals surface area (Å²) in [5.74, 6) is 0. The maximum absolute atomic E-state index is 3.56. The minimum absolute atomic E-state index is 0.884. The summed E-state index contributed by atoms with van der Waals surface area (Å²) >= 11 is 1.81. The van der Waals surface area contributed by atoms with Gasteiger partial charge in [-0.2, -0.15) is 0 Å². The Kier molecular flexibility index (Phi) is 4.88.